The van der Waals surface area contributed by atoms with Crippen LogP contribution in [0.15, 0.2) is 42.5 Å². The third kappa shape index (κ3) is 4.61. The lowest BCUT2D eigenvalue weighted by molar-refractivity contribution is -0.138. The van der Waals surface area contributed by atoms with Crippen LogP contribution in [0.5, 0.6) is 11.5 Å². The minimum atomic E-state index is -1.03. The standard InChI is InChI=1S/C17H18ClNO4/c1-22-15-7-6-11(9-14(19)17(20)21)8-12(15)10-23-16-5-3-2-4-13(16)18/h2-8,14H,9-10,19H2,1H3,(H,20,21). The molecule has 2 rings (SSSR count). The van der Waals surface area contributed by atoms with Crippen molar-refractivity contribution < 1.29 is 19.4 Å². The molecule has 0 radical (unpaired) electrons. The lowest BCUT2D eigenvalue weighted by Crippen LogP contribution is -2.32. The van der Waals surface area contributed by atoms with Gasteiger partial charge in [-0.25, -0.2) is 0 Å². The molecule has 2 aromatic carbocycles. The molecule has 0 heterocycles. The lowest BCUT2D eigenvalue weighted by atomic mass is 10.0. The zero-order valence-electron chi connectivity index (χ0n) is 12.7. The van der Waals surface area contributed by atoms with Gasteiger partial charge in [0, 0.05) is 5.56 Å². The largest absolute Gasteiger partial charge is 0.496 e. The fourth-order valence-corrected chi connectivity index (χ4v) is 2.32. The van der Waals surface area contributed by atoms with E-state index >= 15 is 0 Å². The quantitative estimate of drug-likeness (QED) is 0.813. The first-order chi connectivity index (χ1) is 11.0. The molecule has 0 aliphatic rings. The van der Waals surface area contributed by atoms with E-state index in [2.05, 4.69) is 0 Å². The Balaban J connectivity index is 2.15. The number of hydrogen-bond acceptors (Lipinski definition) is 4. The highest BCUT2D eigenvalue weighted by molar-refractivity contribution is 6.32. The Bertz CT molecular complexity index is 690. The second-order valence-electron chi connectivity index (χ2n) is 5.01. The van der Waals surface area contributed by atoms with Crippen molar-refractivity contribution in [3.05, 3.63) is 58.6 Å². The zero-order chi connectivity index (χ0) is 16.8. The predicted octanol–water partition coefficient (Wildman–Crippen LogP) is 2.88. The maximum absolute atomic E-state index is 10.9. The molecular formula is C17H18ClNO4. The number of carboxylic acid groups (broad SMARTS) is 1. The zero-order valence-corrected chi connectivity index (χ0v) is 13.4. The number of halogens is 1. The van der Waals surface area contributed by atoms with Crippen LogP contribution in [0.4, 0.5) is 0 Å². The van der Waals surface area contributed by atoms with Gasteiger partial charge in [0.05, 0.1) is 12.1 Å². The van der Waals surface area contributed by atoms with Gasteiger partial charge in [-0.3, -0.25) is 4.79 Å². The Hall–Kier alpha value is -2.24. The topological polar surface area (TPSA) is 81.8 Å². The van der Waals surface area contributed by atoms with Gasteiger partial charge in [-0.15, -0.1) is 0 Å². The number of benzene rings is 2. The van der Waals surface area contributed by atoms with E-state index in [0.717, 1.165) is 11.1 Å². The first-order valence-corrected chi connectivity index (χ1v) is 7.40. The van der Waals surface area contributed by atoms with E-state index < -0.39 is 12.0 Å². The summed E-state index contributed by atoms with van der Waals surface area (Å²) in [5.74, 6) is 0.197. The lowest BCUT2D eigenvalue weighted by Gasteiger charge is -2.14. The first-order valence-electron chi connectivity index (χ1n) is 7.02. The smallest absolute Gasteiger partial charge is 0.320 e. The van der Waals surface area contributed by atoms with E-state index in [1.165, 1.54) is 0 Å². The summed E-state index contributed by atoms with van der Waals surface area (Å²) >= 11 is 6.06. The van der Waals surface area contributed by atoms with Crippen molar-refractivity contribution in [2.45, 2.75) is 19.1 Å². The van der Waals surface area contributed by atoms with Crippen molar-refractivity contribution in [3.8, 4) is 11.5 Å². The van der Waals surface area contributed by atoms with Crippen LogP contribution in [0, 0.1) is 0 Å². The SMILES string of the molecule is COc1ccc(CC(N)C(=O)O)cc1COc1ccccc1Cl. The van der Waals surface area contributed by atoms with Gasteiger partial charge < -0.3 is 20.3 Å². The number of nitrogens with two attached hydrogens (primary N) is 1. The van der Waals surface area contributed by atoms with Crippen LogP contribution in [0.1, 0.15) is 11.1 Å². The summed E-state index contributed by atoms with van der Waals surface area (Å²) in [6.07, 6.45) is 0.235. The maximum atomic E-state index is 10.9. The molecule has 1 atom stereocenters. The summed E-state index contributed by atoms with van der Waals surface area (Å²) in [5, 5.41) is 9.43. The van der Waals surface area contributed by atoms with Crippen LogP contribution in [0.2, 0.25) is 5.02 Å². The molecule has 23 heavy (non-hydrogen) atoms. The Labute approximate surface area is 139 Å². The van der Waals surface area contributed by atoms with E-state index in [-0.39, 0.29) is 13.0 Å². The number of ether oxygens (including phenoxy) is 2. The van der Waals surface area contributed by atoms with Crippen LogP contribution in [-0.2, 0) is 17.8 Å². The van der Waals surface area contributed by atoms with Crippen molar-refractivity contribution in [2.75, 3.05) is 7.11 Å². The van der Waals surface area contributed by atoms with Crippen molar-refractivity contribution in [1.82, 2.24) is 0 Å². The molecule has 6 heteroatoms. The number of methoxy groups -OCH3 is 1. The third-order valence-electron chi connectivity index (χ3n) is 3.34. The minimum absolute atomic E-state index is 0.235. The number of hydrogen-bond donors (Lipinski definition) is 2. The molecule has 0 aliphatic carbocycles. The molecule has 122 valence electrons. The Morgan fingerprint density at radius 3 is 2.65 bits per heavy atom. The average Bonchev–Trinajstić information content (AvgIpc) is 2.54. The second-order valence-corrected chi connectivity index (χ2v) is 5.42. The highest BCUT2D eigenvalue weighted by Crippen LogP contribution is 2.27. The number of carboxylic acids is 1. The van der Waals surface area contributed by atoms with Crippen LogP contribution in [0.25, 0.3) is 0 Å². The fraction of sp³-hybridized carbons (Fsp3) is 0.235. The number of carbonyl (C=O) groups is 1. The normalized spacial score (nSPS) is 11.8. The molecule has 0 aromatic heterocycles. The molecular weight excluding hydrogens is 318 g/mol. The summed E-state index contributed by atoms with van der Waals surface area (Å²) in [6, 6.07) is 11.6. The maximum Gasteiger partial charge on any atom is 0.320 e. The van der Waals surface area contributed by atoms with Gasteiger partial charge >= 0.3 is 5.97 Å². The second kappa shape index (κ2) is 7.85. The van der Waals surface area contributed by atoms with E-state index in [9.17, 15) is 4.79 Å². The highest BCUT2D eigenvalue weighted by Gasteiger charge is 2.14. The fourth-order valence-electron chi connectivity index (χ4n) is 2.13. The van der Waals surface area contributed by atoms with Crippen LogP contribution >= 0.6 is 11.6 Å². The molecule has 1 unspecified atom stereocenters. The van der Waals surface area contributed by atoms with E-state index in [0.29, 0.717) is 16.5 Å². The van der Waals surface area contributed by atoms with Crippen molar-refractivity contribution in [2.24, 2.45) is 5.73 Å². The van der Waals surface area contributed by atoms with Gasteiger partial charge in [-0.2, -0.15) is 0 Å². The molecule has 3 N–H and O–H groups in total. The van der Waals surface area contributed by atoms with Gasteiger partial charge in [0.25, 0.3) is 0 Å². The summed E-state index contributed by atoms with van der Waals surface area (Å²) in [5.41, 5.74) is 7.17. The summed E-state index contributed by atoms with van der Waals surface area (Å²) in [6.45, 7) is 0.253. The van der Waals surface area contributed by atoms with Crippen molar-refractivity contribution >= 4 is 17.6 Å². The number of para-hydroxylation sites is 1. The minimum Gasteiger partial charge on any atom is -0.496 e. The number of aliphatic carboxylic acids is 1. The van der Waals surface area contributed by atoms with Gasteiger partial charge in [-0.05, 0) is 36.2 Å². The van der Waals surface area contributed by atoms with Crippen molar-refractivity contribution in [1.29, 1.82) is 0 Å². The summed E-state index contributed by atoms with van der Waals surface area (Å²) in [4.78, 5) is 10.9. The monoisotopic (exact) mass is 335 g/mol. The molecule has 0 aliphatic heterocycles. The molecule has 0 saturated heterocycles. The first kappa shape index (κ1) is 17.1. The molecule has 2 aromatic rings. The molecule has 0 saturated carbocycles. The molecule has 5 nitrogen and oxygen atoms in total. The van der Waals surface area contributed by atoms with E-state index in [4.69, 9.17) is 31.9 Å². The molecule has 0 amide bonds. The van der Waals surface area contributed by atoms with E-state index in [1.807, 2.05) is 18.2 Å². The Kier molecular flexibility index (Phi) is 5.84. The van der Waals surface area contributed by atoms with Gasteiger partial charge in [0.2, 0.25) is 0 Å². The van der Waals surface area contributed by atoms with Gasteiger partial charge in [-0.1, -0.05) is 29.8 Å². The van der Waals surface area contributed by atoms with Gasteiger partial charge in [0.15, 0.2) is 0 Å². The number of rotatable bonds is 7. The van der Waals surface area contributed by atoms with Crippen LogP contribution in [-0.4, -0.2) is 24.2 Å². The summed E-state index contributed by atoms with van der Waals surface area (Å²) < 4.78 is 11.0. The molecule has 0 spiro atoms. The third-order valence-corrected chi connectivity index (χ3v) is 3.65. The van der Waals surface area contributed by atoms with Crippen LogP contribution < -0.4 is 15.2 Å². The highest BCUT2D eigenvalue weighted by atomic mass is 35.5. The Morgan fingerprint density at radius 2 is 2.00 bits per heavy atom. The average molecular weight is 336 g/mol. The predicted molar refractivity (Wildman–Crippen MR) is 88.1 cm³/mol. The Morgan fingerprint density at radius 1 is 1.26 bits per heavy atom. The van der Waals surface area contributed by atoms with E-state index in [1.54, 1.807) is 31.4 Å². The summed E-state index contributed by atoms with van der Waals surface area (Å²) in [7, 11) is 1.57. The van der Waals surface area contributed by atoms with Crippen molar-refractivity contribution in [3.63, 3.8) is 0 Å². The van der Waals surface area contributed by atoms with Gasteiger partial charge in [0.1, 0.15) is 24.1 Å². The molecule has 0 bridgehead atoms. The molecule has 0 fully saturated rings. The van der Waals surface area contributed by atoms with Crippen LogP contribution in [0.3, 0.4) is 0 Å².